The summed E-state index contributed by atoms with van der Waals surface area (Å²) < 4.78 is 0. The molecule has 1 heterocycles. The maximum Gasteiger partial charge on any atom is 0.0656 e. The van der Waals surface area contributed by atoms with Gasteiger partial charge in [0.05, 0.1) is 5.69 Å². The Labute approximate surface area is 72.6 Å². The van der Waals surface area contributed by atoms with Gasteiger partial charge in [-0.25, -0.2) is 0 Å². The first-order valence-electron chi connectivity index (χ1n) is 4.65. The van der Waals surface area contributed by atoms with E-state index in [0.717, 1.165) is 19.0 Å². The van der Waals surface area contributed by atoms with Gasteiger partial charge in [-0.2, -0.15) is 5.10 Å². The molecule has 66 valence electrons. The highest BCUT2D eigenvalue weighted by molar-refractivity contribution is 5.17. The molecular formula is C9H15N3. The zero-order valence-electron chi connectivity index (χ0n) is 7.43. The zero-order valence-corrected chi connectivity index (χ0v) is 7.43. The predicted molar refractivity (Wildman–Crippen MR) is 47.9 cm³/mol. The second-order valence-electron chi connectivity index (χ2n) is 3.37. The van der Waals surface area contributed by atoms with Crippen molar-refractivity contribution in [2.24, 2.45) is 0 Å². The molecule has 0 bridgehead atoms. The molecule has 1 fully saturated rings. The third-order valence-electron chi connectivity index (χ3n) is 2.21. The largest absolute Gasteiger partial charge is 0.311 e. The number of nitrogens with one attached hydrogen (secondary N) is 2. The van der Waals surface area contributed by atoms with Crippen molar-refractivity contribution in [3.63, 3.8) is 0 Å². The van der Waals surface area contributed by atoms with Crippen molar-refractivity contribution in [1.29, 1.82) is 0 Å². The standard InChI is InChI=1S/C9H15N3/c1-2-10-6-8-5-9(12-11-8)7-3-4-7/h5,7,10H,2-4,6H2,1H3,(H,11,12). The van der Waals surface area contributed by atoms with Crippen molar-refractivity contribution in [3.05, 3.63) is 17.5 Å². The fourth-order valence-corrected chi connectivity index (χ4v) is 1.32. The van der Waals surface area contributed by atoms with Crippen molar-refractivity contribution in [1.82, 2.24) is 15.5 Å². The molecule has 1 aliphatic carbocycles. The van der Waals surface area contributed by atoms with Crippen LogP contribution < -0.4 is 5.32 Å². The van der Waals surface area contributed by atoms with Crippen LogP contribution >= 0.6 is 0 Å². The molecule has 3 heteroatoms. The highest BCUT2D eigenvalue weighted by atomic mass is 15.1. The molecule has 0 unspecified atom stereocenters. The van der Waals surface area contributed by atoms with Crippen LogP contribution in [0.15, 0.2) is 6.07 Å². The zero-order chi connectivity index (χ0) is 8.39. The summed E-state index contributed by atoms with van der Waals surface area (Å²) >= 11 is 0. The summed E-state index contributed by atoms with van der Waals surface area (Å²) in [6.45, 7) is 4.03. The summed E-state index contributed by atoms with van der Waals surface area (Å²) in [6.07, 6.45) is 2.65. The van der Waals surface area contributed by atoms with Crippen LogP contribution in [0, 0.1) is 0 Å². The summed E-state index contributed by atoms with van der Waals surface area (Å²) in [5, 5.41) is 10.6. The molecule has 2 N–H and O–H groups in total. The molecule has 1 saturated carbocycles. The van der Waals surface area contributed by atoms with Crippen LogP contribution in [0.1, 0.15) is 37.1 Å². The lowest BCUT2D eigenvalue weighted by molar-refractivity contribution is 0.707. The Morgan fingerprint density at radius 1 is 1.67 bits per heavy atom. The summed E-state index contributed by atoms with van der Waals surface area (Å²) in [4.78, 5) is 0. The van der Waals surface area contributed by atoms with Crippen LogP contribution in [0.2, 0.25) is 0 Å². The van der Waals surface area contributed by atoms with Gasteiger partial charge in [0.15, 0.2) is 0 Å². The third kappa shape index (κ3) is 1.67. The van der Waals surface area contributed by atoms with Gasteiger partial charge < -0.3 is 5.32 Å². The van der Waals surface area contributed by atoms with Gasteiger partial charge in [-0.05, 0) is 25.5 Å². The first-order chi connectivity index (χ1) is 5.90. The lowest BCUT2D eigenvalue weighted by Gasteiger charge is -1.95. The maximum absolute atomic E-state index is 4.27. The van der Waals surface area contributed by atoms with Crippen LogP contribution in [0.3, 0.4) is 0 Å². The Morgan fingerprint density at radius 3 is 3.17 bits per heavy atom. The van der Waals surface area contributed by atoms with E-state index >= 15 is 0 Å². The molecule has 0 spiro atoms. The molecule has 0 amide bonds. The van der Waals surface area contributed by atoms with Gasteiger partial charge in [0.1, 0.15) is 0 Å². The quantitative estimate of drug-likeness (QED) is 0.708. The van der Waals surface area contributed by atoms with Gasteiger partial charge >= 0.3 is 0 Å². The van der Waals surface area contributed by atoms with E-state index in [1.807, 2.05) is 0 Å². The molecule has 3 nitrogen and oxygen atoms in total. The summed E-state index contributed by atoms with van der Waals surface area (Å²) in [5.41, 5.74) is 2.46. The van der Waals surface area contributed by atoms with E-state index in [1.165, 1.54) is 24.2 Å². The van der Waals surface area contributed by atoms with Crippen molar-refractivity contribution in [2.45, 2.75) is 32.2 Å². The molecule has 0 saturated heterocycles. The Balaban J connectivity index is 1.93. The fraction of sp³-hybridized carbons (Fsp3) is 0.667. The number of H-pyrrole nitrogens is 1. The van der Waals surface area contributed by atoms with Gasteiger partial charge in [0, 0.05) is 18.2 Å². The van der Waals surface area contributed by atoms with Crippen molar-refractivity contribution < 1.29 is 0 Å². The first kappa shape index (κ1) is 7.80. The predicted octanol–water partition coefficient (Wildman–Crippen LogP) is 1.40. The SMILES string of the molecule is CCNCc1cc(C2CC2)n[nH]1. The molecule has 0 atom stereocenters. The minimum absolute atomic E-state index is 0.761. The highest BCUT2D eigenvalue weighted by Gasteiger charge is 2.25. The fourth-order valence-electron chi connectivity index (χ4n) is 1.32. The van der Waals surface area contributed by atoms with Crippen LogP contribution in [0.5, 0.6) is 0 Å². The highest BCUT2D eigenvalue weighted by Crippen LogP contribution is 2.38. The molecule has 0 aromatic carbocycles. The lowest BCUT2D eigenvalue weighted by Crippen LogP contribution is -2.11. The number of hydrogen-bond acceptors (Lipinski definition) is 2. The topological polar surface area (TPSA) is 40.7 Å². The molecule has 12 heavy (non-hydrogen) atoms. The van der Waals surface area contributed by atoms with Crippen LogP contribution in [-0.2, 0) is 6.54 Å². The van der Waals surface area contributed by atoms with E-state index in [4.69, 9.17) is 0 Å². The third-order valence-corrected chi connectivity index (χ3v) is 2.21. The molecule has 1 aliphatic rings. The molecule has 1 aromatic rings. The van der Waals surface area contributed by atoms with E-state index in [2.05, 4.69) is 28.5 Å². The summed E-state index contributed by atoms with van der Waals surface area (Å²) in [7, 11) is 0. The van der Waals surface area contributed by atoms with E-state index in [0.29, 0.717) is 0 Å². The van der Waals surface area contributed by atoms with Crippen molar-refractivity contribution in [2.75, 3.05) is 6.54 Å². The first-order valence-corrected chi connectivity index (χ1v) is 4.65. The number of aromatic amines is 1. The molecule has 2 rings (SSSR count). The maximum atomic E-state index is 4.27. The normalized spacial score (nSPS) is 16.8. The molecule has 0 aliphatic heterocycles. The number of rotatable bonds is 4. The molecule has 0 radical (unpaired) electrons. The van der Waals surface area contributed by atoms with Crippen LogP contribution in [0.4, 0.5) is 0 Å². The minimum Gasteiger partial charge on any atom is -0.311 e. The van der Waals surface area contributed by atoms with E-state index in [-0.39, 0.29) is 0 Å². The van der Waals surface area contributed by atoms with Gasteiger partial charge in [0.2, 0.25) is 0 Å². The average Bonchev–Trinajstić information content (AvgIpc) is 2.83. The van der Waals surface area contributed by atoms with E-state index in [1.54, 1.807) is 0 Å². The van der Waals surface area contributed by atoms with Gasteiger partial charge in [-0.15, -0.1) is 0 Å². The van der Waals surface area contributed by atoms with Gasteiger partial charge in [0.25, 0.3) is 0 Å². The Morgan fingerprint density at radius 2 is 2.50 bits per heavy atom. The average molecular weight is 165 g/mol. The second kappa shape index (κ2) is 3.27. The van der Waals surface area contributed by atoms with E-state index < -0.39 is 0 Å². The Kier molecular flexibility index (Phi) is 2.13. The number of aromatic nitrogens is 2. The number of hydrogen-bond donors (Lipinski definition) is 2. The summed E-state index contributed by atoms with van der Waals surface area (Å²) in [5.74, 6) is 0.761. The number of nitrogens with zero attached hydrogens (tertiary/aromatic N) is 1. The lowest BCUT2D eigenvalue weighted by atomic mass is 10.3. The minimum atomic E-state index is 0.761. The smallest absolute Gasteiger partial charge is 0.0656 e. The monoisotopic (exact) mass is 165 g/mol. The van der Waals surface area contributed by atoms with Crippen molar-refractivity contribution >= 4 is 0 Å². The molecular weight excluding hydrogens is 150 g/mol. The van der Waals surface area contributed by atoms with Crippen LogP contribution in [0.25, 0.3) is 0 Å². The Bertz CT molecular complexity index is 250. The summed E-state index contributed by atoms with van der Waals surface area (Å²) in [6, 6.07) is 2.18. The Hall–Kier alpha value is -0.830. The second-order valence-corrected chi connectivity index (χ2v) is 3.37. The molecule has 1 aromatic heterocycles. The van der Waals surface area contributed by atoms with Gasteiger partial charge in [-0.3, -0.25) is 5.10 Å². The van der Waals surface area contributed by atoms with E-state index in [9.17, 15) is 0 Å². The van der Waals surface area contributed by atoms with Crippen LogP contribution in [-0.4, -0.2) is 16.7 Å². The van der Waals surface area contributed by atoms with Crippen molar-refractivity contribution in [3.8, 4) is 0 Å². The van der Waals surface area contributed by atoms with Gasteiger partial charge in [-0.1, -0.05) is 6.92 Å².